The van der Waals surface area contributed by atoms with Crippen molar-refractivity contribution in [2.24, 2.45) is 0 Å². The van der Waals surface area contributed by atoms with Crippen LogP contribution in [-0.4, -0.2) is 34.5 Å². The first-order chi connectivity index (χ1) is 11.5. The summed E-state index contributed by atoms with van der Waals surface area (Å²) in [7, 11) is 0. The third-order valence-electron chi connectivity index (χ3n) is 3.73. The zero-order valence-electron chi connectivity index (χ0n) is 13.7. The SMILES string of the molecule is CCC(C)N(CC(=O)Nc1ccon1)C(=O)Cc1ccc(F)cc1. The summed E-state index contributed by atoms with van der Waals surface area (Å²) in [5.41, 5.74) is 0.701. The number of nitrogens with one attached hydrogen (secondary N) is 1. The molecule has 24 heavy (non-hydrogen) atoms. The van der Waals surface area contributed by atoms with Gasteiger partial charge in [0.1, 0.15) is 18.6 Å². The van der Waals surface area contributed by atoms with Gasteiger partial charge in [-0.2, -0.15) is 0 Å². The van der Waals surface area contributed by atoms with Crippen LogP contribution in [0.2, 0.25) is 0 Å². The third-order valence-corrected chi connectivity index (χ3v) is 3.73. The molecule has 1 aromatic carbocycles. The molecular formula is C17H20FN3O3. The molecule has 6 nitrogen and oxygen atoms in total. The van der Waals surface area contributed by atoms with E-state index in [1.165, 1.54) is 29.4 Å². The summed E-state index contributed by atoms with van der Waals surface area (Å²) >= 11 is 0. The molecular weight excluding hydrogens is 313 g/mol. The van der Waals surface area contributed by atoms with Gasteiger partial charge < -0.3 is 14.7 Å². The Balaban J connectivity index is 2.02. The molecule has 2 aromatic rings. The van der Waals surface area contributed by atoms with E-state index in [4.69, 9.17) is 0 Å². The molecule has 0 saturated carbocycles. The van der Waals surface area contributed by atoms with Crippen LogP contribution in [0, 0.1) is 5.82 Å². The Bertz CT molecular complexity index is 671. The standard InChI is InChI=1S/C17H20FN3O3/c1-3-12(2)21(11-16(22)19-15-8-9-24-20-15)17(23)10-13-4-6-14(18)7-5-13/h4-9,12H,3,10-11H2,1-2H3,(H,19,20,22). The van der Waals surface area contributed by atoms with E-state index in [1.54, 1.807) is 12.1 Å². The van der Waals surface area contributed by atoms with Gasteiger partial charge in [-0.15, -0.1) is 0 Å². The van der Waals surface area contributed by atoms with Crippen molar-refractivity contribution in [1.29, 1.82) is 0 Å². The number of hydrogen-bond acceptors (Lipinski definition) is 4. The lowest BCUT2D eigenvalue weighted by Gasteiger charge is -2.28. The number of anilines is 1. The van der Waals surface area contributed by atoms with Crippen LogP contribution in [0.5, 0.6) is 0 Å². The van der Waals surface area contributed by atoms with Crippen molar-refractivity contribution < 1.29 is 18.5 Å². The summed E-state index contributed by atoms with van der Waals surface area (Å²) in [5.74, 6) is -0.588. The van der Waals surface area contributed by atoms with Crippen molar-refractivity contribution in [1.82, 2.24) is 10.1 Å². The normalized spacial score (nSPS) is 11.8. The average Bonchev–Trinajstić information content (AvgIpc) is 3.06. The fourth-order valence-electron chi connectivity index (χ4n) is 2.20. The molecule has 0 radical (unpaired) electrons. The molecule has 1 aromatic heterocycles. The lowest BCUT2D eigenvalue weighted by Crippen LogP contribution is -2.44. The molecule has 0 spiro atoms. The van der Waals surface area contributed by atoms with Crippen LogP contribution >= 0.6 is 0 Å². The second-order valence-corrected chi connectivity index (χ2v) is 5.52. The van der Waals surface area contributed by atoms with Crippen molar-refractivity contribution in [3.8, 4) is 0 Å². The molecule has 1 unspecified atom stereocenters. The lowest BCUT2D eigenvalue weighted by molar-refractivity contribution is -0.136. The third kappa shape index (κ3) is 4.91. The second kappa shape index (κ2) is 8.24. The van der Waals surface area contributed by atoms with E-state index in [1.807, 2.05) is 13.8 Å². The molecule has 1 atom stereocenters. The maximum Gasteiger partial charge on any atom is 0.245 e. The van der Waals surface area contributed by atoms with E-state index in [0.29, 0.717) is 17.8 Å². The number of hydrogen-bond donors (Lipinski definition) is 1. The van der Waals surface area contributed by atoms with Crippen molar-refractivity contribution in [2.45, 2.75) is 32.7 Å². The summed E-state index contributed by atoms with van der Waals surface area (Å²) in [6.07, 6.45) is 2.18. The maximum absolute atomic E-state index is 13.0. The minimum absolute atomic E-state index is 0.0815. The lowest BCUT2D eigenvalue weighted by atomic mass is 10.1. The predicted molar refractivity (Wildman–Crippen MR) is 86.7 cm³/mol. The minimum atomic E-state index is -0.350. The van der Waals surface area contributed by atoms with Crippen LogP contribution in [0.25, 0.3) is 0 Å². The highest BCUT2D eigenvalue weighted by Crippen LogP contribution is 2.10. The zero-order chi connectivity index (χ0) is 17.5. The number of nitrogens with zero attached hydrogens (tertiary/aromatic N) is 2. The molecule has 0 aliphatic heterocycles. The van der Waals surface area contributed by atoms with E-state index in [9.17, 15) is 14.0 Å². The highest BCUT2D eigenvalue weighted by molar-refractivity contribution is 5.94. The van der Waals surface area contributed by atoms with E-state index < -0.39 is 0 Å². The van der Waals surface area contributed by atoms with Gasteiger partial charge in [0.15, 0.2) is 5.82 Å². The first kappa shape index (κ1) is 17.7. The highest BCUT2D eigenvalue weighted by Gasteiger charge is 2.22. The number of halogens is 1. The second-order valence-electron chi connectivity index (χ2n) is 5.52. The van der Waals surface area contributed by atoms with Gasteiger partial charge in [0.25, 0.3) is 0 Å². The van der Waals surface area contributed by atoms with Crippen molar-refractivity contribution in [3.05, 3.63) is 48.0 Å². The first-order valence-corrected chi connectivity index (χ1v) is 7.73. The molecule has 0 bridgehead atoms. The molecule has 128 valence electrons. The quantitative estimate of drug-likeness (QED) is 0.845. The molecule has 0 saturated heterocycles. The van der Waals surface area contributed by atoms with Gasteiger partial charge in [0.05, 0.1) is 6.42 Å². The smallest absolute Gasteiger partial charge is 0.245 e. The molecule has 1 N–H and O–H groups in total. The van der Waals surface area contributed by atoms with Crippen molar-refractivity contribution in [2.75, 3.05) is 11.9 Å². The van der Waals surface area contributed by atoms with Gasteiger partial charge in [0, 0.05) is 12.1 Å². The molecule has 1 heterocycles. The topological polar surface area (TPSA) is 75.4 Å². The van der Waals surface area contributed by atoms with E-state index in [0.717, 1.165) is 0 Å². The van der Waals surface area contributed by atoms with Crippen molar-refractivity contribution >= 4 is 17.6 Å². The molecule has 0 aliphatic rings. The highest BCUT2D eigenvalue weighted by atomic mass is 19.1. The summed E-state index contributed by atoms with van der Waals surface area (Å²) in [5, 5.41) is 6.17. The number of rotatable bonds is 7. The monoisotopic (exact) mass is 333 g/mol. The maximum atomic E-state index is 13.0. The zero-order valence-corrected chi connectivity index (χ0v) is 13.7. The Morgan fingerprint density at radius 2 is 2.00 bits per heavy atom. The fourth-order valence-corrected chi connectivity index (χ4v) is 2.20. The number of amides is 2. The molecule has 2 amide bonds. The Kier molecular flexibility index (Phi) is 6.06. The van der Waals surface area contributed by atoms with Crippen LogP contribution in [0.3, 0.4) is 0 Å². The van der Waals surface area contributed by atoms with Crippen molar-refractivity contribution in [3.63, 3.8) is 0 Å². The molecule has 0 fully saturated rings. The average molecular weight is 333 g/mol. The van der Waals surface area contributed by atoms with Gasteiger partial charge in [-0.3, -0.25) is 9.59 Å². The van der Waals surface area contributed by atoms with Crippen LogP contribution in [-0.2, 0) is 16.0 Å². The Hall–Kier alpha value is -2.70. The minimum Gasteiger partial charge on any atom is -0.363 e. The van der Waals surface area contributed by atoms with Gasteiger partial charge in [-0.25, -0.2) is 4.39 Å². The molecule has 7 heteroatoms. The Labute approximate surface area is 139 Å². The van der Waals surface area contributed by atoms with Crippen LogP contribution in [0.4, 0.5) is 10.2 Å². The number of carbonyl (C=O) groups is 2. The van der Waals surface area contributed by atoms with Gasteiger partial charge >= 0.3 is 0 Å². The Morgan fingerprint density at radius 1 is 1.29 bits per heavy atom. The predicted octanol–water partition coefficient (Wildman–Crippen LogP) is 2.62. The number of aromatic nitrogens is 1. The largest absolute Gasteiger partial charge is 0.363 e. The van der Waals surface area contributed by atoms with E-state index in [2.05, 4.69) is 15.0 Å². The number of carbonyl (C=O) groups excluding carboxylic acids is 2. The Morgan fingerprint density at radius 3 is 2.58 bits per heavy atom. The summed E-state index contributed by atoms with van der Waals surface area (Å²) < 4.78 is 17.6. The molecule has 2 rings (SSSR count). The van der Waals surface area contributed by atoms with Gasteiger partial charge in [-0.05, 0) is 31.0 Å². The summed E-state index contributed by atoms with van der Waals surface area (Å²) in [6.45, 7) is 3.74. The summed E-state index contributed by atoms with van der Waals surface area (Å²) in [4.78, 5) is 26.2. The van der Waals surface area contributed by atoms with E-state index >= 15 is 0 Å². The summed E-state index contributed by atoms with van der Waals surface area (Å²) in [6, 6.07) is 7.18. The van der Waals surface area contributed by atoms with Gasteiger partial charge in [-0.1, -0.05) is 24.2 Å². The first-order valence-electron chi connectivity index (χ1n) is 7.73. The van der Waals surface area contributed by atoms with E-state index in [-0.39, 0.29) is 36.6 Å². The van der Waals surface area contributed by atoms with Crippen LogP contribution in [0.15, 0.2) is 41.1 Å². The van der Waals surface area contributed by atoms with Crippen LogP contribution in [0.1, 0.15) is 25.8 Å². The van der Waals surface area contributed by atoms with Crippen LogP contribution < -0.4 is 5.32 Å². The van der Waals surface area contributed by atoms with Gasteiger partial charge in [0.2, 0.25) is 11.8 Å². The fraction of sp³-hybridized carbons (Fsp3) is 0.353. The number of benzene rings is 1. The molecule has 0 aliphatic carbocycles.